The fourth-order valence-electron chi connectivity index (χ4n) is 1.94. The van der Waals surface area contributed by atoms with Gasteiger partial charge in [0, 0.05) is 22.1 Å². The summed E-state index contributed by atoms with van der Waals surface area (Å²) in [5, 5.41) is 4.24. The lowest BCUT2D eigenvalue weighted by molar-refractivity contribution is 0.414. The lowest BCUT2D eigenvalue weighted by Crippen LogP contribution is -2.18. The molecule has 2 aromatic carbocycles. The molecule has 2 aromatic rings. The Morgan fingerprint density at radius 3 is 2.50 bits per heavy atom. The van der Waals surface area contributed by atoms with Gasteiger partial charge < -0.3 is 10.1 Å². The van der Waals surface area contributed by atoms with Gasteiger partial charge in [-0.05, 0) is 42.3 Å². The number of ether oxygens (including phenoxy) is 1. The first-order valence-electron chi connectivity index (χ1n) is 6.41. The molecule has 106 valence electrons. The van der Waals surface area contributed by atoms with Crippen molar-refractivity contribution in [1.29, 1.82) is 0 Å². The molecule has 0 aliphatic carbocycles. The van der Waals surface area contributed by atoms with Crippen molar-refractivity contribution in [3.05, 3.63) is 63.1 Å². The SMILES string of the molecule is COc1ccc(C(C)NCc2ccc(Cl)cc2Br)cc1. The van der Waals surface area contributed by atoms with Gasteiger partial charge >= 0.3 is 0 Å². The first-order valence-corrected chi connectivity index (χ1v) is 7.58. The van der Waals surface area contributed by atoms with E-state index in [0.29, 0.717) is 0 Å². The summed E-state index contributed by atoms with van der Waals surface area (Å²) in [6.07, 6.45) is 0. The summed E-state index contributed by atoms with van der Waals surface area (Å²) < 4.78 is 6.19. The molecule has 0 saturated carbocycles. The fraction of sp³-hybridized carbons (Fsp3) is 0.250. The minimum atomic E-state index is 0.267. The topological polar surface area (TPSA) is 21.3 Å². The van der Waals surface area contributed by atoms with Gasteiger partial charge in [-0.1, -0.05) is 45.7 Å². The van der Waals surface area contributed by atoms with E-state index in [1.807, 2.05) is 30.3 Å². The predicted octanol–water partition coefficient (Wildman–Crippen LogP) is 4.96. The average molecular weight is 355 g/mol. The molecule has 0 bridgehead atoms. The van der Waals surface area contributed by atoms with Gasteiger partial charge in [0.25, 0.3) is 0 Å². The van der Waals surface area contributed by atoms with Gasteiger partial charge in [-0.15, -0.1) is 0 Å². The third-order valence-corrected chi connectivity index (χ3v) is 4.20. The number of nitrogens with one attached hydrogen (secondary N) is 1. The van der Waals surface area contributed by atoms with E-state index in [4.69, 9.17) is 16.3 Å². The number of hydrogen-bond donors (Lipinski definition) is 1. The second-order valence-corrected chi connectivity index (χ2v) is 5.90. The van der Waals surface area contributed by atoms with Crippen LogP contribution >= 0.6 is 27.5 Å². The van der Waals surface area contributed by atoms with Crippen molar-refractivity contribution < 1.29 is 4.74 Å². The Labute approximate surface area is 133 Å². The van der Waals surface area contributed by atoms with E-state index >= 15 is 0 Å². The van der Waals surface area contributed by atoms with Crippen LogP contribution < -0.4 is 10.1 Å². The largest absolute Gasteiger partial charge is 0.497 e. The Bertz CT molecular complexity index is 571. The van der Waals surface area contributed by atoms with Crippen LogP contribution in [-0.2, 0) is 6.54 Å². The molecular formula is C16H17BrClNO. The molecule has 1 atom stereocenters. The molecule has 0 spiro atoms. The van der Waals surface area contributed by atoms with Gasteiger partial charge in [0.05, 0.1) is 7.11 Å². The normalized spacial score (nSPS) is 12.2. The molecule has 0 aromatic heterocycles. The molecule has 20 heavy (non-hydrogen) atoms. The van der Waals surface area contributed by atoms with Crippen molar-refractivity contribution >= 4 is 27.5 Å². The fourth-order valence-corrected chi connectivity index (χ4v) is 2.76. The highest BCUT2D eigenvalue weighted by atomic mass is 79.9. The molecule has 1 unspecified atom stereocenters. The lowest BCUT2D eigenvalue weighted by Gasteiger charge is -2.15. The monoisotopic (exact) mass is 353 g/mol. The molecule has 0 radical (unpaired) electrons. The van der Waals surface area contributed by atoms with E-state index in [2.05, 4.69) is 40.3 Å². The Morgan fingerprint density at radius 1 is 1.20 bits per heavy atom. The molecule has 0 heterocycles. The van der Waals surface area contributed by atoms with E-state index in [1.54, 1.807) is 7.11 Å². The van der Waals surface area contributed by atoms with Crippen LogP contribution in [0.4, 0.5) is 0 Å². The summed E-state index contributed by atoms with van der Waals surface area (Å²) in [6.45, 7) is 2.93. The van der Waals surface area contributed by atoms with E-state index in [9.17, 15) is 0 Å². The second-order valence-electron chi connectivity index (χ2n) is 4.61. The summed E-state index contributed by atoms with van der Waals surface area (Å²) in [6, 6.07) is 14.2. The zero-order valence-corrected chi connectivity index (χ0v) is 13.8. The minimum Gasteiger partial charge on any atom is -0.497 e. The third-order valence-electron chi connectivity index (χ3n) is 3.23. The highest BCUT2D eigenvalue weighted by molar-refractivity contribution is 9.10. The van der Waals surface area contributed by atoms with Crippen LogP contribution in [0.2, 0.25) is 5.02 Å². The van der Waals surface area contributed by atoms with E-state index < -0.39 is 0 Å². The summed E-state index contributed by atoms with van der Waals surface area (Å²) in [5.41, 5.74) is 2.42. The van der Waals surface area contributed by atoms with Gasteiger partial charge in [-0.2, -0.15) is 0 Å². The molecule has 0 fully saturated rings. The number of rotatable bonds is 5. The summed E-state index contributed by atoms with van der Waals surface area (Å²) in [4.78, 5) is 0. The van der Waals surface area contributed by atoms with Crippen molar-refractivity contribution in [2.45, 2.75) is 19.5 Å². The van der Waals surface area contributed by atoms with Crippen LogP contribution in [0.15, 0.2) is 46.9 Å². The van der Waals surface area contributed by atoms with Crippen molar-refractivity contribution in [3.63, 3.8) is 0 Å². The molecular weight excluding hydrogens is 338 g/mol. The van der Waals surface area contributed by atoms with E-state index in [-0.39, 0.29) is 6.04 Å². The molecule has 0 amide bonds. The number of methoxy groups -OCH3 is 1. The Balaban J connectivity index is 1.98. The van der Waals surface area contributed by atoms with Crippen LogP contribution in [0, 0.1) is 0 Å². The third kappa shape index (κ3) is 3.98. The van der Waals surface area contributed by atoms with Crippen LogP contribution in [0.25, 0.3) is 0 Å². The van der Waals surface area contributed by atoms with Crippen LogP contribution in [0.5, 0.6) is 5.75 Å². The van der Waals surface area contributed by atoms with Gasteiger partial charge in [0.15, 0.2) is 0 Å². The summed E-state index contributed by atoms with van der Waals surface area (Å²) in [7, 11) is 1.68. The number of hydrogen-bond acceptors (Lipinski definition) is 2. The van der Waals surface area contributed by atoms with Crippen molar-refractivity contribution in [2.24, 2.45) is 0 Å². The molecule has 0 saturated heterocycles. The van der Waals surface area contributed by atoms with Crippen molar-refractivity contribution in [3.8, 4) is 5.75 Å². The zero-order chi connectivity index (χ0) is 14.5. The lowest BCUT2D eigenvalue weighted by atomic mass is 10.1. The Kier molecular flexibility index (Phi) is 5.46. The zero-order valence-electron chi connectivity index (χ0n) is 11.5. The van der Waals surface area contributed by atoms with Crippen molar-refractivity contribution in [2.75, 3.05) is 7.11 Å². The molecule has 4 heteroatoms. The van der Waals surface area contributed by atoms with Crippen LogP contribution in [-0.4, -0.2) is 7.11 Å². The van der Waals surface area contributed by atoms with Crippen LogP contribution in [0.1, 0.15) is 24.1 Å². The molecule has 2 rings (SSSR count). The first kappa shape index (κ1) is 15.4. The summed E-state index contributed by atoms with van der Waals surface area (Å²) >= 11 is 9.47. The Hall–Kier alpha value is -1.03. The number of benzene rings is 2. The van der Waals surface area contributed by atoms with Crippen molar-refractivity contribution in [1.82, 2.24) is 5.32 Å². The van der Waals surface area contributed by atoms with Gasteiger partial charge in [-0.25, -0.2) is 0 Å². The highest BCUT2D eigenvalue weighted by Crippen LogP contribution is 2.23. The van der Waals surface area contributed by atoms with Gasteiger partial charge in [-0.3, -0.25) is 0 Å². The maximum atomic E-state index is 5.94. The maximum Gasteiger partial charge on any atom is 0.118 e. The molecule has 0 aliphatic heterocycles. The first-order chi connectivity index (χ1) is 9.60. The molecule has 0 aliphatic rings. The average Bonchev–Trinajstić information content (AvgIpc) is 2.46. The standard InChI is InChI=1S/C16H17BrClNO/c1-11(12-4-7-15(20-2)8-5-12)19-10-13-3-6-14(18)9-16(13)17/h3-9,11,19H,10H2,1-2H3. The van der Waals surface area contributed by atoms with E-state index in [1.165, 1.54) is 11.1 Å². The summed E-state index contributed by atoms with van der Waals surface area (Å²) in [5.74, 6) is 0.876. The quantitative estimate of drug-likeness (QED) is 0.819. The van der Waals surface area contributed by atoms with E-state index in [0.717, 1.165) is 21.8 Å². The van der Waals surface area contributed by atoms with Crippen LogP contribution in [0.3, 0.4) is 0 Å². The van der Waals surface area contributed by atoms with Gasteiger partial charge in [0.2, 0.25) is 0 Å². The Morgan fingerprint density at radius 2 is 1.90 bits per heavy atom. The van der Waals surface area contributed by atoms with Gasteiger partial charge in [0.1, 0.15) is 5.75 Å². The number of halogens is 2. The smallest absolute Gasteiger partial charge is 0.118 e. The second kappa shape index (κ2) is 7.11. The molecule has 1 N–H and O–H groups in total. The molecule has 2 nitrogen and oxygen atoms in total. The minimum absolute atomic E-state index is 0.267. The highest BCUT2D eigenvalue weighted by Gasteiger charge is 2.07. The predicted molar refractivity (Wildman–Crippen MR) is 87.4 cm³/mol. The maximum absolute atomic E-state index is 5.94.